The minimum absolute atomic E-state index is 0.0442. The van der Waals surface area contributed by atoms with Gasteiger partial charge in [-0.3, -0.25) is 4.79 Å². The van der Waals surface area contributed by atoms with Crippen molar-refractivity contribution in [2.45, 2.75) is 6.54 Å². The van der Waals surface area contributed by atoms with E-state index in [1.807, 2.05) is 36.5 Å². The van der Waals surface area contributed by atoms with Gasteiger partial charge < -0.3 is 9.64 Å². The molecule has 0 fully saturated rings. The molecular formula is C18H14FN3O2. The molecule has 1 aliphatic heterocycles. The molecule has 24 heavy (non-hydrogen) atoms. The van der Waals surface area contributed by atoms with Crippen molar-refractivity contribution in [1.29, 1.82) is 0 Å². The van der Waals surface area contributed by atoms with Crippen LogP contribution in [0.3, 0.4) is 0 Å². The number of benzene rings is 2. The molecule has 0 atom stereocenters. The first-order chi connectivity index (χ1) is 11.7. The lowest BCUT2D eigenvalue weighted by Crippen LogP contribution is -2.38. The van der Waals surface area contributed by atoms with E-state index in [0.717, 1.165) is 11.3 Å². The Labute approximate surface area is 137 Å². The number of aromatic nitrogens is 2. The normalized spacial score (nSPS) is 13.5. The van der Waals surface area contributed by atoms with Crippen LogP contribution in [-0.4, -0.2) is 22.3 Å². The number of halogens is 1. The number of rotatable bonds is 3. The summed E-state index contributed by atoms with van der Waals surface area (Å²) in [6.07, 6.45) is 3.56. The van der Waals surface area contributed by atoms with Gasteiger partial charge in [-0.15, -0.1) is 0 Å². The predicted octanol–water partition coefficient (Wildman–Crippen LogP) is 2.94. The summed E-state index contributed by atoms with van der Waals surface area (Å²) in [5.41, 5.74) is 2.28. The summed E-state index contributed by atoms with van der Waals surface area (Å²) < 4.78 is 20.7. The van der Waals surface area contributed by atoms with Crippen LogP contribution in [0.4, 0.5) is 10.1 Å². The molecule has 6 heteroatoms. The summed E-state index contributed by atoms with van der Waals surface area (Å²) in [6, 6.07) is 13.8. The lowest BCUT2D eigenvalue weighted by atomic mass is 10.1. The van der Waals surface area contributed by atoms with Gasteiger partial charge in [-0.25, -0.2) is 9.07 Å². The maximum absolute atomic E-state index is 13.6. The number of anilines is 1. The van der Waals surface area contributed by atoms with Crippen LogP contribution in [0.25, 0.3) is 5.69 Å². The lowest BCUT2D eigenvalue weighted by molar-refractivity contribution is -0.121. The fraction of sp³-hybridized carbons (Fsp3) is 0.111. The summed E-state index contributed by atoms with van der Waals surface area (Å²) in [6.45, 7) is 0.297. The second-order valence-corrected chi connectivity index (χ2v) is 5.50. The van der Waals surface area contributed by atoms with Crippen LogP contribution in [-0.2, 0) is 11.3 Å². The van der Waals surface area contributed by atoms with E-state index < -0.39 is 5.82 Å². The van der Waals surface area contributed by atoms with Crippen molar-refractivity contribution >= 4 is 11.6 Å². The quantitative estimate of drug-likeness (QED) is 0.744. The molecular weight excluding hydrogens is 309 g/mol. The highest BCUT2D eigenvalue weighted by Gasteiger charge is 2.26. The minimum atomic E-state index is -0.401. The minimum Gasteiger partial charge on any atom is -0.482 e. The average Bonchev–Trinajstić information content (AvgIpc) is 3.12. The van der Waals surface area contributed by atoms with Gasteiger partial charge in [0.05, 0.1) is 17.9 Å². The zero-order chi connectivity index (χ0) is 16.5. The van der Waals surface area contributed by atoms with Crippen LogP contribution in [0.1, 0.15) is 5.56 Å². The number of hydrogen-bond acceptors (Lipinski definition) is 3. The molecule has 2 heterocycles. The maximum Gasteiger partial charge on any atom is 0.265 e. The lowest BCUT2D eigenvalue weighted by Gasteiger charge is -2.29. The van der Waals surface area contributed by atoms with Crippen LogP contribution in [0.15, 0.2) is 60.9 Å². The third-order valence-corrected chi connectivity index (χ3v) is 3.88. The number of amides is 1. The largest absolute Gasteiger partial charge is 0.482 e. The van der Waals surface area contributed by atoms with Crippen molar-refractivity contribution in [1.82, 2.24) is 9.78 Å². The second-order valence-electron chi connectivity index (χ2n) is 5.50. The van der Waals surface area contributed by atoms with E-state index >= 15 is 0 Å². The molecule has 1 aromatic heterocycles. The highest BCUT2D eigenvalue weighted by Crippen LogP contribution is 2.33. The summed E-state index contributed by atoms with van der Waals surface area (Å²) in [4.78, 5) is 13.8. The van der Waals surface area contributed by atoms with Gasteiger partial charge in [0, 0.05) is 18.5 Å². The van der Waals surface area contributed by atoms with Crippen LogP contribution >= 0.6 is 0 Å². The Morgan fingerprint density at radius 1 is 1.17 bits per heavy atom. The van der Waals surface area contributed by atoms with Crippen molar-refractivity contribution in [2.24, 2.45) is 0 Å². The Kier molecular flexibility index (Phi) is 3.49. The Morgan fingerprint density at radius 3 is 2.92 bits per heavy atom. The topological polar surface area (TPSA) is 47.4 Å². The van der Waals surface area contributed by atoms with Crippen LogP contribution < -0.4 is 9.64 Å². The second kappa shape index (κ2) is 5.81. The van der Waals surface area contributed by atoms with Crippen molar-refractivity contribution in [3.8, 4) is 11.4 Å². The molecule has 0 radical (unpaired) electrons. The molecule has 0 aliphatic carbocycles. The number of carbonyl (C=O) groups excluding carboxylic acids is 1. The molecule has 0 N–H and O–H groups in total. The van der Waals surface area contributed by atoms with E-state index in [1.54, 1.807) is 21.8 Å². The Morgan fingerprint density at radius 2 is 2.08 bits per heavy atom. The van der Waals surface area contributed by atoms with E-state index in [9.17, 15) is 9.18 Å². The standard InChI is InChI=1S/C18H14FN3O2/c19-14-5-6-17-16(10-14)21(18(23)12-24-17)11-13-3-1-4-15(9-13)22-8-2-7-20-22/h1-10H,11-12H2. The number of ether oxygens (including phenoxy) is 1. The van der Waals surface area contributed by atoms with Crippen LogP contribution in [0.2, 0.25) is 0 Å². The summed E-state index contributed by atoms with van der Waals surface area (Å²) in [5.74, 6) is -0.0841. The van der Waals surface area contributed by atoms with E-state index in [4.69, 9.17) is 4.74 Å². The molecule has 1 amide bonds. The highest BCUT2D eigenvalue weighted by molar-refractivity contribution is 5.97. The van der Waals surface area contributed by atoms with Gasteiger partial charge in [0.2, 0.25) is 0 Å². The zero-order valence-corrected chi connectivity index (χ0v) is 12.7. The number of nitrogens with zero attached hydrogens (tertiary/aromatic N) is 3. The maximum atomic E-state index is 13.6. The molecule has 0 saturated heterocycles. The van der Waals surface area contributed by atoms with Gasteiger partial charge in [-0.05, 0) is 35.9 Å². The Hall–Kier alpha value is -3.15. The summed E-state index contributed by atoms with van der Waals surface area (Å²) in [7, 11) is 0. The SMILES string of the molecule is O=C1COc2ccc(F)cc2N1Cc1cccc(-n2cccn2)c1. The third-order valence-electron chi connectivity index (χ3n) is 3.88. The predicted molar refractivity (Wildman–Crippen MR) is 86.6 cm³/mol. The zero-order valence-electron chi connectivity index (χ0n) is 12.7. The van der Waals surface area contributed by atoms with Gasteiger partial charge in [-0.2, -0.15) is 5.10 Å². The van der Waals surface area contributed by atoms with Gasteiger partial charge in [0.15, 0.2) is 6.61 Å². The Bertz CT molecular complexity index is 893. The third kappa shape index (κ3) is 2.62. The van der Waals surface area contributed by atoms with Gasteiger partial charge in [-0.1, -0.05) is 12.1 Å². The first-order valence-corrected chi connectivity index (χ1v) is 7.52. The van der Waals surface area contributed by atoms with Crippen LogP contribution in [0.5, 0.6) is 5.75 Å². The highest BCUT2D eigenvalue weighted by atomic mass is 19.1. The Balaban J connectivity index is 1.67. The summed E-state index contributed by atoms with van der Waals surface area (Å²) in [5, 5.41) is 4.20. The number of fused-ring (bicyclic) bond motifs is 1. The monoisotopic (exact) mass is 323 g/mol. The van der Waals surface area contributed by atoms with E-state index in [-0.39, 0.29) is 12.5 Å². The molecule has 0 spiro atoms. The van der Waals surface area contributed by atoms with Gasteiger partial charge >= 0.3 is 0 Å². The van der Waals surface area contributed by atoms with Gasteiger partial charge in [0.25, 0.3) is 5.91 Å². The molecule has 0 bridgehead atoms. The van der Waals surface area contributed by atoms with Crippen molar-refractivity contribution in [3.05, 3.63) is 72.3 Å². The molecule has 4 rings (SSSR count). The molecule has 1 aliphatic rings. The smallest absolute Gasteiger partial charge is 0.265 e. The van der Waals surface area contributed by atoms with Gasteiger partial charge in [0.1, 0.15) is 11.6 Å². The molecule has 3 aromatic rings. The first-order valence-electron chi connectivity index (χ1n) is 7.52. The fourth-order valence-corrected chi connectivity index (χ4v) is 2.75. The number of carbonyl (C=O) groups is 1. The van der Waals surface area contributed by atoms with Crippen LogP contribution in [0, 0.1) is 5.82 Å². The van der Waals surface area contributed by atoms with Crippen molar-refractivity contribution in [3.63, 3.8) is 0 Å². The van der Waals surface area contributed by atoms with Crippen molar-refractivity contribution < 1.29 is 13.9 Å². The molecule has 0 unspecified atom stereocenters. The molecule has 5 nitrogen and oxygen atoms in total. The molecule has 120 valence electrons. The van der Waals surface area contributed by atoms with E-state index in [2.05, 4.69) is 5.10 Å². The molecule has 0 saturated carbocycles. The summed E-state index contributed by atoms with van der Waals surface area (Å²) >= 11 is 0. The van der Waals surface area contributed by atoms with Crippen molar-refractivity contribution in [2.75, 3.05) is 11.5 Å². The number of hydrogen-bond donors (Lipinski definition) is 0. The molecule has 2 aromatic carbocycles. The average molecular weight is 323 g/mol. The fourth-order valence-electron chi connectivity index (χ4n) is 2.75. The van der Waals surface area contributed by atoms with E-state index in [0.29, 0.717) is 18.0 Å². The first kappa shape index (κ1) is 14.4. The van der Waals surface area contributed by atoms with E-state index in [1.165, 1.54) is 12.1 Å².